The Morgan fingerprint density at radius 2 is 2.07 bits per heavy atom. The molecule has 1 aliphatic rings. The van der Waals surface area contributed by atoms with Crippen molar-refractivity contribution in [2.24, 2.45) is 4.99 Å². The van der Waals surface area contributed by atoms with Crippen molar-refractivity contribution in [3.05, 3.63) is 36.3 Å². The molecule has 1 aliphatic carbocycles. The van der Waals surface area contributed by atoms with Crippen LogP contribution in [0.15, 0.2) is 30.0 Å². The van der Waals surface area contributed by atoms with Gasteiger partial charge in [-0.3, -0.25) is 5.10 Å². The largest absolute Gasteiger partial charge is 0.381 e. The molecule has 0 spiro atoms. The van der Waals surface area contributed by atoms with Crippen molar-refractivity contribution in [1.82, 2.24) is 25.1 Å². The number of aromatic amines is 1. The maximum Gasteiger partial charge on any atom is 0.174 e. The van der Waals surface area contributed by atoms with Crippen LogP contribution in [0, 0.1) is 6.92 Å². The standard InChI is InChI=1S/C21H30N6O/c1-6-27(17-7-9-18(28-5)10-8-17)16(4)24-14(2)19-11-12-20(25-15(19)3)21-22-13-23-26-21/h11-13,17-18H,2,6-10H2,1,3-5H3,(H,22,23,26). The van der Waals surface area contributed by atoms with E-state index >= 15 is 0 Å². The molecule has 0 amide bonds. The highest BCUT2D eigenvalue weighted by molar-refractivity contribution is 5.86. The zero-order valence-corrected chi connectivity index (χ0v) is 17.3. The first-order chi connectivity index (χ1) is 13.5. The van der Waals surface area contributed by atoms with Gasteiger partial charge in [-0.1, -0.05) is 6.58 Å². The quantitative estimate of drug-likeness (QED) is 0.606. The molecule has 2 aromatic heterocycles. The van der Waals surface area contributed by atoms with Gasteiger partial charge in [-0.2, -0.15) is 5.10 Å². The molecule has 0 aromatic carbocycles. The van der Waals surface area contributed by atoms with E-state index in [4.69, 9.17) is 9.73 Å². The van der Waals surface area contributed by atoms with E-state index in [0.717, 1.165) is 60.7 Å². The molecule has 1 saturated carbocycles. The number of aliphatic imine (C=N–C) groups is 1. The average molecular weight is 383 g/mol. The van der Waals surface area contributed by atoms with Gasteiger partial charge in [0.1, 0.15) is 17.9 Å². The second-order valence-corrected chi connectivity index (χ2v) is 7.22. The zero-order chi connectivity index (χ0) is 20.1. The van der Waals surface area contributed by atoms with Gasteiger partial charge in [0.2, 0.25) is 0 Å². The highest BCUT2D eigenvalue weighted by atomic mass is 16.5. The Kier molecular flexibility index (Phi) is 6.57. The van der Waals surface area contributed by atoms with Gasteiger partial charge in [0.05, 0.1) is 11.8 Å². The number of hydrogen-bond donors (Lipinski definition) is 1. The Hall–Kier alpha value is -2.54. The topological polar surface area (TPSA) is 79.3 Å². The van der Waals surface area contributed by atoms with Crippen LogP contribution < -0.4 is 0 Å². The summed E-state index contributed by atoms with van der Waals surface area (Å²) in [5.41, 5.74) is 3.31. The number of pyridine rings is 1. The molecule has 7 nitrogen and oxygen atoms in total. The number of amidine groups is 1. The first-order valence-corrected chi connectivity index (χ1v) is 9.90. The van der Waals surface area contributed by atoms with Gasteiger partial charge in [-0.25, -0.2) is 15.0 Å². The van der Waals surface area contributed by atoms with Crippen molar-refractivity contribution in [3.8, 4) is 11.5 Å². The summed E-state index contributed by atoms with van der Waals surface area (Å²) in [6.07, 6.45) is 6.37. The molecule has 0 saturated heterocycles. The third kappa shape index (κ3) is 4.47. The van der Waals surface area contributed by atoms with Crippen LogP contribution in [0.4, 0.5) is 0 Å². The van der Waals surface area contributed by atoms with E-state index in [1.54, 1.807) is 0 Å². The van der Waals surface area contributed by atoms with Crippen molar-refractivity contribution in [2.75, 3.05) is 13.7 Å². The van der Waals surface area contributed by atoms with Crippen LogP contribution in [0.2, 0.25) is 0 Å². The Balaban J connectivity index is 1.73. The number of hydrogen-bond acceptors (Lipinski definition) is 5. The first-order valence-electron chi connectivity index (χ1n) is 9.90. The fraction of sp³-hybridized carbons (Fsp3) is 0.524. The summed E-state index contributed by atoms with van der Waals surface area (Å²) >= 11 is 0. The molecule has 0 aliphatic heterocycles. The average Bonchev–Trinajstić information content (AvgIpc) is 3.23. The Morgan fingerprint density at radius 1 is 1.32 bits per heavy atom. The lowest BCUT2D eigenvalue weighted by Gasteiger charge is -2.37. The van der Waals surface area contributed by atoms with Gasteiger partial charge in [0, 0.05) is 31.0 Å². The minimum Gasteiger partial charge on any atom is -0.381 e. The normalized spacial score (nSPS) is 20.2. The molecule has 3 rings (SSSR count). The lowest BCUT2D eigenvalue weighted by molar-refractivity contribution is 0.0516. The molecular formula is C21H30N6O. The van der Waals surface area contributed by atoms with Crippen LogP contribution in [-0.2, 0) is 4.74 Å². The second kappa shape index (κ2) is 9.10. The van der Waals surface area contributed by atoms with Crippen LogP contribution >= 0.6 is 0 Å². The predicted octanol–water partition coefficient (Wildman–Crippen LogP) is 3.84. The van der Waals surface area contributed by atoms with E-state index in [-0.39, 0.29) is 0 Å². The van der Waals surface area contributed by atoms with Gasteiger partial charge in [0.15, 0.2) is 5.82 Å². The summed E-state index contributed by atoms with van der Waals surface area (Å²) in [6.45, 7) is 11.4. The minimum absolute atomic E-state index is 0.402. The number of ether oxygens (including phenoxy) is 1. The summed E-state index contributed by atoms with van der Waals surface area (Å²) in [5, 5.41) is 6.72. The molecule has 0 radical (unpaired) electrons. The monoisotopic (exact) mass is 382 g/mol. The van der Waals surface area contributed by atoms with E-state index < -0.39 is 0 Å². The van der Waals surface area contributed by atoms with Gasteiger partial charge in [-0.15, -0.1) is 0 Å². The molecule has 0 atom stereocenters. The van der Waals surface area contributed by atoms with Crippen molar-refractivity contribution in [3.63, 3.8) is 0 Å². The Bertz CT molecular complexity index is 821. The third-order valence-corrected chi connectivity index (χ3v) is 5.53. The summed E-state index contributed by atoms with van der Waals surface area (Å²) in [5.74, 6) is 1.66. The number of H-pyrrole nitrogens is 1. The van der Waals surface area contributed by atoms with Crippen molar-refractivity contribution in [2.45, 2.75) is 58.6 Å². The van der Waals surface area contributed by atoms with Crippen molar-refractivity contribution in [1.29, 1.82) is 0 Å². The number of aryl methyl sites for hydroxylation is 1. The van der Waals surface area contributed by atoms with E-state index in [9.17, 15) is 0 Å². The lowest BCUT2D eigenvalue weighted by atomic mass is 9.91. The summed E-state index contributed by atoms with van der Waals surface area (Å²) in [6, 6.07) is 4.43. The smallest absolute Gasteiger partial charge is 0.174 e. The molecule has 0 unspecified atom stereocenters. The van der Waals surface area contributed by atoms with Crippen LogP contribution in [0.3, 0.4) is 0 Å². The molecule has 2 aromatic rings. The Labute approximate surface area is 167 Å². The van der Waals surface area contributed by atoms with Crippen molar-refractivity contribution < 1.29 is 4.74 Å². The predicted molar refractivity (Wildman–Crippen MR) is 112 cm³/mol. The summed E-state index contributed by atoms with van der Waals surface area (Å²) in [4.78, 5) is 16.0. The van der Waals surface area contributed by atoms with E-state index in [1.165, 1.54) is 6.33 Å². The number of aromatic nitrogens is 4. The molecule has 2 heterocycles. The van der Waals surface area contributed by atoms with E-state index in [1.807, 2.05) is 26.2 Å². The van der Waals surface area contributed by atoms with E-state index in [2.05, 4.69) is 45.5 Å². The first kappa shape index (κ1) is 20.2. The van der Waals surface area contributed by atoms with Gasteiger partial charge in [0.25, 0.3) is 0 Å². The van der Waals surface area contributed by atoms with Gasteiger partial charge in [-0.05, 0) is 58.6 Å². The fourth-order valence-corrected chi connectivity index (χ4v) is 3.99. The maximum absolute atomic E-state index is 5.50. The number of rotatable bonds is 6. The van der Waals surface area contributed by atoms with Crippen molar-refractivity contribution >= 4 is 11.5 Å². The maximum atomic E-state index is 5.50. The Morgan fingerprint density at radius 3 is 2.64 bits per heavy atom. The van der Waals surface area contributed by atoms with Crippen LogP contribution in [-0.4, -0.2) is 56.7 Å². The summed E-state index contributed by atoms with van der Waals surface area (Å²) < 4.78 is 5.50. The van der Waals surface area contributed by atoms with Crippen LogP contribution in [0.25, 0.3) is 17.2 Å². The molecule has 0 bridgehead atoms. The number of methoxy groups -OCH3 is 1. The molecule has 1 fully saturated rings. The highest BCUT2D eigenvalue weighted by Crippen LogP contribution is 2.26. The molecule has 7 heteroatoms. The number of nitrogens with one attached hydrogen (secondary N) is 1. The zero-order valence-electron chi connectivity index (χ0n) is 17.3. The lowest BCUT2D eigenvalue weighted by Crippen LogP contribution is -2.42. The number of nitrogens with zero attached hydrogens (tertiary/aromatic N) is 5. The van der Waals surface area contributed by atoms with Crippen LogP contribution in [0.5, 0.6) is 0 Å². The minimum atomic E-state index is 0.402. The highest BCUT2D eigenvalue weighted by Gasteiger charge is 2.25. The van der Waals surface area contributed by atoms with Gasteiger partial charge >= 0.3 is 0 Å². The van der Waals surface area contributed by atoms with Gasteiger partial charge < -0.3 is 9.64 Å². The molecule has 150 valence electrons. The third-order valence-electron chi connectivity index (χ3n) is 5.53. The molecule has 28 heavy (non-hydrogen) atoms. The summed E-state index contributed by atoms with van der Waals surface area (Å²) in [7, 11) is 1.81. The van der Waals surface area contributed by atoms with Crippen LogP contribution in [0.1, 0.15) is 50.8 Å². The SMILES string of the molecule is C=C(N=C(C)N(CC)C1CCC(OC)CC1)c1ccc(-c2ncn[nH]2)nc1C. The fourth-order valence-electron chi connectivity index (χ4n) is 3.99. The van der Waals surface area contributed by atoms with E-state index in [0.29, 0.717) is 18.0 Å². The second-order valence-electron chi connectivity index (χ2n) is 7.22. The molecular weight excluding hydrogens is 352 g/mol. The molecule has 1 N–H and O–H groups in total.